The van der Waals surface area contributed by atoms with Gasteiger partial charge >= 0.3 is 5.97 Å². The number of ketones is 1. The molecule has 8 nitrogen and oxygen atoms in total. The average molecular weight is 413 g/mol. The van der Waals surface area contributed by atoms with Gasteiger partial charge in [0.05, 0.1) is 6.61 Å². The molecule has 0 unspecified atom stereocenters. The highest BCUT2D eigenvalue weighted by Gasteiger charge is 2.22. The summed E-state index contributed by atoms with van der Waals surface area (Å²) in [6, 6.07) is 10.3. The van der Waals surface area contributed by atoms with Gasteiger partial charge < -0.3 is 25.6 Å². The van der Waals surface area contributed by atoms with Crippen LogP contribution in [-0.4, -0.2) is 35.9 Å². The quantitative estimate of drug-likeness (QED) is 0.328. The standard InChI is InChI=1S/C22H27N3O5/c1-4-29-17-9-15(10-18(11-17)30-12-19(26)13(2)3)20(22(27)28)25-16-7-5-14(6-8-16)21(23)24/h5-11,13,20,25H,4,12H2,1-3H3,(H3,23,24)(H,27,28)/t20-/m1/s1. The van der Waals surface area contributed by atoms with Crippen LogP contribution in [0.5, 0.6) is 11.5 Å². The summed E-state index contributed by atoms with van der Waals surface area (Å²) in [6.07, 6.45) is 0. The maximum Gasteiger partial charge on any atom is 0.330 e. The van der Waals surface area contributed by atoms with E-state index in [0.29, 0.717) is 34.9 Å². The first-order chi connectivity index (χ1) is 14.2. The van der Waals surface area contributed by atoms with Gasteiger partial charge in [-0.15, -0.1) is 0 Å². The van der Waals surface area contributed by atoms with Gasteiger partial charge in [0.1, 0.15) is 23.9 Å². The minimum absolute atomic E-state index is 0.0585. The maximum atomic E-state index is 12.0. The van der Waals surface area contributed by atoms with E-state index in [-0.39, 0.29) is 24.1 Å². The predicted molar refractivity (Wildman–Crippen MR) is 114 cm³/mol. The molecule has 0 fully saturated rings. The molecule has 0 aliphatic rings. The predicted octanol–water partition coefficient (Wildman–Crippen LogP) is 3.21. The maximum absolute atomic E-state index is 12.0. The topological polar surface area (TPSA) is 135 Å². The van der Waals surface area contributed by atoms with Gasteiger partial charge in [-0.2, -0.15) is 0 Å². The second-order valence-corrected chi connectivity index (χ2v) is 6.99. The zero-order chi connectivity index (χ0) is 22.3. The molecule has 30 heavy (non-hydrogen) atoms. The van der Waals surface area contributed by atoms with Gasteiger partial charge in [0, 0.05) is 23.2 Å². The number of Topliss-reactive ketones (excluding diaryl/α,β-unsaturated/α-hetero) is 1. The molecule has 0 saturated carbocycles. The van der Waals surface area contributed by atoms with Gasteiger partial charge in [-0.3, -0.25) is 10.2 Å². The molecule has 0 aliphatic carbocycles. The van der Waals surface area contributed by atoms with Crippen LogP contribution in [-0.2, 0) is 9.59 Å². The molecule has 0 bridgehead atoms. The number of nitrogens with one attached hydrogen (secondary N) is 2. The summed E-state index contributed by atoms with van der Waals surface area (Å²) in [6.45, 7) is 5.68. The van der Waals surface area contributed by atoms with Crippen LogP contribution < -0.4 is 20.5 Å². The Morgan fingerprint density at radius 3 is 2.20 bits per heavy atom. The van der Waals surface area contributed by atoms with Crippen molar-refractivity contribution in [3.8, 4) is 11.5 Å². The molecule has 2 aromatic rings. The summed E-state index contributed by atoms with van der Waals surface area (Å²) in [5.41, 5.74) is 6.95. The number of aliphatic carboxylic acids is 1. The van der Waals surface area contributed by atoms with Crippen LogP contribution in [0.25, 0.3) is 0 Å². The number of ether oxygens (including phenoxy) is 2. The average Bonchev–Trinajstić information content (AvgIpc) is 2.70. The molecule has 0 aromatic heterocycles. The Balaban J connectivity index is 2.31. The minimum atomic E-state index is -1.09. The Bertz CT molecular complexity index is 909. The lowest BCUT2D eigenvalue weighted by atomic mass is 10.0. The van der Waals surface area contributed by atoms with Gasteiger partial charge in [0.15, 0.2) is 11.8 Å². The van der Waals surface area contributed by atoms with Crippen molar-refractivity contribution < 1.29 is 24.2 Å². The van der Waals surface area contributed by atoms with Crippen molar-refractivity contribution in [3.63, 3.8) is 0 Å². The highest BCUT2D eigenvalue weighted by atomic mass is 16.5. The van der Waals surface area contributed by atoms with Gasteiger partial charge in [-0.05, 0) is 48.9 Å². The molecule has 160 valence electrons. The lowest BCUT2D eigenvalue weighted by Crippen LogP contribution is -2.21. The highest BCUT2D eigenvalue weighted by Crippen LogP contribution is 2.29. The SMILES string of the molecule is CCOc1cc(OCC(=O)C(C)C)cc([C@@H](Nc2ccc(C(=N)N)cc2)C(=O)O)c1. The van der Waals surface area contributed by atoms with Crippen LogP contribution >= 0.6 is 0 Å². The van der Waals surface area contributed by atoms with Crippen LogP contribution in [0.2, 0.25) is 0 Å². The van der Waals surface area contributed by atoms with Gasteiger partial charge in [-0.25, -0.2) is 4.79 Å². The zero-order valence-corrected chi connectivity index (χ0v) is 17.3. The number of carboxylic acids is 1. The Morgan fingerprint density at radius 2 is 1.70 bits per heavy atom. The summed E-state index contributed by atoms with van der Waals surface area (Å²) in [4.78, 5) is 23.8. The van der Waals surface area contributed by atoms with Crippen molar-refractivity contribution in [2.45, 2.75) is 26.8 Å². The molecule has 8 heteroatoms. The second kappa shape index (κ2) is 10.3. The number of anilines is 1. The number of carbonyl (C=O) groups is 2. The fourth-order valence-electron chi connectivity index (χ4n) is 2.62. The van der Waals surface area contributed by atoms with Crippen molar-refractivity contribution in [2.75, 3.05) is 18.5 Å². The molecule has 1 atom stereocenters. The molecule has 2 rings (SSSR count). The van der Waals surface area contributed by atoms with Crippen LogP contribution in [0.4, 0.5) is 5.69 Å². The molecule has 0 saturated heterocycles. The van der Waals surface area contributed by atoms with E-state index in [4.69, 9.17) is 20.6 Å². The summed E-state index contributed by atoms with van der Waals surface area (Å²) in [5, 5.41) is 20.2. The van der Waals surface area contributed by atoms with E-state index in [1.165, 1.54) is 0 Å². The smallest absolute Gasteiger partial charge is 0.330 e. The Morgan fingerprint density at radius 1 is 1.10 bits per heavy atom. The number of nitrogen functional groups attached to an aromatic ring is 1. The number of rotatable bonds is 11. The third kappa shape index (κ3) is 6.23. The Labute approximate surface area is 175 Å². The fourth-order valence-corrected chi connectivity index (χ4v) is 2.62. The number of amidine groups is 1. The number of nitrogens with two attached hydrogens (primary N) is 1. The van der Waals surface area contributed by atoms with Crippen molar-refractivity contribution >= 4 is 23.3 Å². The molecule has 5 N–H and O–H groups in total. The van der Waals surface area contributed by atoms with Crippen molar-refractivity contribution in [1.29, 1.82) is 5.41 Å². The monoisotopic (exact) mass is 413 g/mol. The summed E-state index contributed by atoms with van der Waals surface area (Å²) < 4.78 is 11.1. The highest BCUT2D eigenvalue weighted by molar-refractivity contribution is 5.95. The van der Waals surface area contributed by atoms with Crippen molar-refractivity contribution in [3.05, 3.63) is 53.6 Å². The number of benzene rings is 2. The van der Waals surface area contributed by atoms with E-state index in [1.54, 1.807) is 56.3 Å². The largest absolute Gasteiger partial charge is 0.494 e. The normalized spacial score (nSPS) is 11.6. The summed E-state index contributed by atoms with van der Waals surface area (Å²) in [5.74, 6) is -0.586. The molecule has 0 heterocycles. The van der Waals surface area contributed by atoms with E-state index >= 15 is 0 Å². The molecule has 0 radical (unpaired) electrons. The van der Waals surface area contributed by atoms with E-state index in [0.717, 1.165) is 0 Å². The molecule has 0 spiro atoms. The van der Waals surface area contributed by atoms with E-state index in [1.807, 2.05) is 6.92 Å². The minimum Gasteiger partial charge on any atom is -0.494 e. The van der Waals surface area contributed by atoms with E-state index in [9.17, 15) is 14.7 Å². The molecule has 0 amide bonds. The lowest BCUT2D eigenvalue weighted by molar-refractivity contribution is -0.138. The molecular weight excluding hydrogens is 386 g/mol. The zero-order valence-electron chi connectivity index (χ0n) is 17.3. The Hall–Kier alpha value is -3.55. The second-order valence-electron chi connectivity index (χ2n) is 6.99. The van der Waals surface area contributed by atoms with Crippen LogP contribution in [0.3, 0.4) is 0 Å². The molecule has 2 aromatic carbocycles. The number of hydrogen-bond acceptors (Lipinski definition) is 6. The van der Waals surface area contributed by atoms with Crippen LogP contribution in [0, 0.1) is 11.3 Å². The number of carboxylic acid groups (broad SMARTS) is 1. The first-order valence-corrected chi connectivity index (χ1v) is 9.58. The van der Waals surface area contributed by atoms with Gasteiger partial charge in [-0.1, -0.05) is 13.8 Å². The van der Waals surface area contributed by atoms with Crippen molar-refractivity contribution in [1.82, 2.24) is 0 Å². The molecular formula is C22H27N3O5. The van der Waals surface area contributed by atoms with Gasteiger partial charge in [0.25, 0.3) is 0 Å². The van der Waals surface area contributed by atoms with Crippen LogP contribution in [0.1, 0.15) is 37.9 Å². The first-order valence-electron chi connectivity index (χ1n) is 9.58. The van der Waals surface area contributed by atoms with Crippen molar-refractivity contribution in [2.24, 2.45) is 11.7 Å². The molecule has 0 aliphatic heterocycles. The lowest BCUT2D eigenvalue weighted by Gasteiger charge is -2.19. The van der Waals surface area contributed by atoms with E-state index in [2.05, 4.69) is 5.32 Å². The van der Waals surface area contributed by atoms with E-state index < -0.39 is 12.0 Å². The summed E-state index contributed by atoms with van der Waals surface area (Å²) >= 11 is 0. The third-order valence-electron chi connectivity index (χ3n) is 4.33. The fraction of sp³-hybridized carbons (Fsp3) is 0.318. The third-order valence-corrected chi connectivity index (χ3v) is 4.33. The number of carbonyl (C=O) groups excluding carboxylic acids is 1. The number of hydrogen-bond donors (Lipinski definition) is 4. The summed E-state index contributed by atoms with van der Waals surface area (Å²) in [7, 11) is 0. The Kier molecular flexibility index (Phi) is 7.80. The first kappa shape index (κ1) is 22.7. The van der Waals surface area contributed by atoms with Crippen LogP contribution in [0.15, 0.2) is 42.5 Å². The van der Waals surface area contributed by atoms with Gasteiger partial charge in [0.2, 0.25) is 0 Å².